The van der Waals surface area contributed by atoms with E-state index in [0.717, 1.165) is 11.0 Å². The van der Waals surface area contributed by atoms with E-state index in [2.05, 4.69) is 9.71 Å². The van der Waals surface area contributed by atoms with Crippen LogP contribution in [-0.4, -0.2) is 20.0 Å². The molecule has 1 N–H and O–H groups in total. The number of pyridine rings is 1. The average molecular weight is 343 g/mol. The predicted octanol–water partition coefficient (Wildman–Crippen LogP) is 3.18. The minimum absolute atomic E-state index is 0.118. The highest BCUT2D eigenvalue weighted by molar-refractivity contribution is 7.95. The molecule has 6 nitrogen and oxygen atoms in total. The summed E-state index contributed by atoms with van der Waals surface area (Å²) in [6.07, 6.45) is 3.91. The van der Waals surface area contributed by atoms with Gasteiger partial charge in [0.1, 0.15) is 0 Å². The van der Waals surface area contributed by atoms with Gasteiger partial charge in [0.2, 0.25) is 0 Å². The zero-order valence-electron chi connectivity index (χ0n) is 12.9. The average Bonchev–Trinajstić information content (AvgIpc) is 2.59. The van der Waals surface area contributed by atoms with Gasteiger partial charge in [-0.25, -0.2) is 13.4 Å². The molecule has 2 rings (SSSR count). The Morgan fingerprint density at radius 1 is 1.21 bits per heavy atom. The smallest absolute Gasteiger partial charge is 0.256 e. The molecule has 124 valence electrons. The third kappa shape index (κ3) is 5.74. The summed E-state index contributed by atoms with van der Waals surface area (Å²) in [5, 5.41) is 9.59. The lowest BCUT2D eigenvalue weighted by Gasteiger charge is -2.10. The number of aromatic nitrogens is 1. The van der Waals surface area contributed by atoms with Gasteiger partial charge in [-0.2, -0.15) is 5.26 Å². The number of rotatable bonds is 8. The molecule has 7 heteroatoms. The van der Waals surface area contributed by atoms with Crippen molar-refractivity contribution in [1.82, 2.24) is 4.98 Å². The van der Waals surface area contributed by atoms with E-state index in [1.165, 1.54) is 12.3 Å². The lowest BCUT2D eigenvalue weighted by molar-refractivity contribution is 0.313. The number of nitrogens with zero attached hydrogens (tertiary/aromatic N) is 2. The van der Waals surface area contributed by atoms with Gasteiger partial charge in [0.05, 0.1) is 18.1 Å². The van der Waals surface area contributed by atoms with Gasteiger partial charge in [-0.1, -0.05) is 30.3 Å². The molecule has 1 aromatic carbocycles. The minimum Gasteiger partial charge on any atom is -0.490 e. The summed E-state index contributed by atoms with van der Waals surface area (Å²) in [6, 6.07) is 14.4. The van der Waals surface area contributed by atoms with Crippen molar-refractivity contribution in [1.29, 1.82) is 5.26 Å². The Hall–Kier alpha value is -2.85. The summed E-state index contributed by atoms with van der Waals surface area (Å²) in [4.78, 5) is 4.00. The summed E-state index contributed by atoms with van der Waals surface area (Å²) in [6.45, 7) is 0.313. The first-order chi connectivity index (χ1) is 11.6. The molecule has 24 heavy (non-hydrogen) atoms. The van der Waals surface area contributed by atoms with Crippen LogP contribution < -0.4 is 9.46 Å². The summed E-state index contributed by atoms with van der Waals surface area (Å²) in [5.74, 6) is 0.444. The highest BCUT2D eigenvalue weighted by Gasteiger charge is 2.11. The van der Waals surface area contributed by atoms with Crippen molar-refractivity contribution in [2.24, 2.45) is 0 Å². The number of sulfonamides is 1. The van der Waals surface area contributed by atoms with Crippen LogP contribution in [0.1, 0.15) is 18.4 Å². The van der Waals surface area contributed by atoms with Crippen LogP contribution in [0.2, 0.25) is 0 Å². The maximum atomic E-state index is 12.2. The van der Waals surface area contributed by atoms with Crippen LogP contribution in [-0.2, 0) is 10.0 Å². The molecular weight excluding hydrogens is 326 g/mol. The quantitative estimate of drug-likeness (QED) is 0.743. The van der Waals surface area contributed by atoms with E-state index in [1.54, 1.807) is 24.3 Å². The lowest BCUT2D eigenvalue weighted by atomic mass is 10.2. The molecule has 0 saturated carbocycles. The van der Waals surface area contributed by atoms with Crippen LogP contribution in [0.15, 0.2) is 54.1 Å². The number of hydrogen-bond acceptors (Lipinski definition) is 5. The van der Waals surface area contributed by atoms with E-state index in [-0.39, 0.29) is 5.82 Å². The topological polar surface area (TPSA) is 92.1 Å². The van der Waals surface area contributed by atoms with E-state index in [1.807, 2.05) is 24.3 Å². The van der Waals surface area contributed by atoms with Crippen molar-refractivity contribution < 1.29 is 13.2 Å². The van der Waals surface area contributed by atoms with E-state index >= 15 is 0 Å². The van der Waals surface area contributed by atoms with Gasteiger partial charge in [0.25, 0.3) is 10.0 Å². The van der Waals surface area contributed by atoms with Crippen molar-refractivity contribution in [3.8, 4) is 11.8 Å². The summed E-state index contributed by atoms with van der Waals surface area (Å²) in [5.41, 5.74) is 0.775. The van der Waals surface area contributed by atoms with Gasteiger partial charge >= 0.3 is 0 Å². The third-order valence-electron chi connectivity index (χ3n) is 2.94. The fraction of sp³-hybridized carbons (Fsp3) is 0.176. The zero-order valence-corrected chi connectivity index (χ0v) is 13.7. The molecular formula is C17H17N3O3S. The Morgan fingerprint density at radius 2 is 2.00 bits per heavy atom. The number of hydrogen-bond donors (Lipinski definition) is 1. The molecule has 1 aromatic heterocycles. The number of nitriles is 1. The molecule has 2 aromatic rings. The molecule has 1 heterocycles. The maximum absolute atomic E-state index is 12.2. The number of nitrogens with one attached hydrogen (secondary N) is 1. The standard InChI is InChI=1S/C17H17N3O3S/c18-11-4-5-13-23-16-9-6-12-19-17(16)20-24(21,22)14-10-15-7-2-1-3-8-15/h1-3,6-10,12,14H,4-5,13H2,(H,19,20)/b14-10+. The summed E-state index contributed by atoms with van der Waals surface area (Å²) in [7, 11) is -3.72. The number of anilines is 1. The Morgan fingerprint density at radius 3 is 2.75 bits per heavy atom. The zero-order chi connectivity index (χ0) is 17.3. The van der Waals surface area contributed by atoms with Crippen LogP contribution >= 0.6 is 0 Å². The van der Waals surface area contributed by atoms with Crippen molar-refractivity contribution in [3.05, 3.63) is 59.6 Å². The Bertz CT molecular complexity index is 828. The van der Waals surface area contributed by atoms with Gasteiger partial charge in [0, 0.05) is 12.6 Å². The Kier molecular flexibility index (Phi) is 6.34. The molecule has 0 aliphatic heterocycles. The molecule has 0 aliphatic rings. The predicted molar refractivity (Wildman–Crippen MR) is 92.6 cm³/mol. The molecule has 0 aliphatic carbocycles. The molecule has 0 atom stereocenters. The summed E-state index contributed by atoms with van der Waals surface area (Å²) >= 11 is 0. The first kappa shape index (κ1) is 17.5. The first-order valence-electron chi connectivity index (χ1n) is 7.31. The largest absolute Gasteiger partial charge is 0.490 e. The number of unbranched alkanes of at least 4 members (excludes halogenated alkanes) is 1. The molecule has 0 spiro atoms. The van der Waals surface area contributed by atoms with Crippen LogP contribution in [0.5, 0.6) is 5.75 Å². The van der Waals surface area contributed by atoms with Crippen LogP contribution in [0.3, 0.4) is 0 Å². The van der Waals surface area contributed by atoms with Crippen molar-refractivity contribution in [2.45, 2.75) is 12.8 Å². The summed E-state index contributed by atoms with van der Waals surface area (Å²) < 4.78 is 32.2. The Balaban J connectivity index is 2.06. The second-order valence-electron chi connectivity index (χ2n) is 4.82. The van der Waals surface area contributed by atoms with Gasteiger partial charge in [-0.15, -0.1) is 0 Å². The van der Waals surface area contributed by atoms with Crippen LogP contribution in [0.4, 0.5) is 5.82 Å². The van der Waals surface area contributed by atoms with Gasteiger partial charge in [-0.05, 0) is 30.2 Å². The second kappa shape index (κ2) is 8.70. The van der Waals surface area contributed by atoms with Crippen LogP contribution in [0.25, 0.3) is 6.08 Å². The van der Waals surface area contributed by atoms with E-state index < -0.39 is 10.0 Å². The molecule has 0 amide bonds. The third-order valence-corrected chi connectivity index (χ3v) is 3.91. The normalized spacial score (nSPS) is 11.1. The minimum atomic E-state index is -3.72. The molecule has 0 radical (unpaired) electrons. The molecule has 0 bridgehead atoms. The SMILES string of the molecule is N#CCCCOc1cccnc1NS(=O)(=O)/C=C/c1ccccc1. The Labute approximate surface area is 141 Å². The van der Waals surface area contributed by atoms with E-state index in [9.17, 15) is 8.42 Å². The fourth-order valence-corrected chi connectivity index (χ4v) is 2.65. The van der Waals surface area contributed by atoms with Gasteiger partial charge in [0.15, 0.2) is 11.6 Å². The second-order valence-corrected chi connectivity index (χ2v) is 6.39. The van der Waals surface area contributed by atoms with E-state index in [0.29, 0.717) is 25.2 Å². The van der Waals surface area contributed by atoms with E-state index in [4.69, 9.17) is 10.00 Å². The lowest BCUT2D eigenvalue weighted by Crippen LogP contribution is -2.12. The fourth-order valence-electron chi connectivity index (χ4n) is 1.82. The monoisotopic (exact) mass is 343 g/mol. The highest BCUT2D eigenvalue weighted by atomic mass is 32.2. The highest BCUT2D eigenvalue weighted by Crippen LogP contribution is 2.22. The van der Waals surface area contributed by atoms with Crippen LogP contribution in [0, 0.1) is 11.3 Å². The number of benzene rings is 1. The van der Waals surface area contributed by atoms with Gasteiger partial charge < -0.3 is 4.74 Å². The molecule has 0 fully saturated rings. The maximum Gasteiger partial charge on any atom is 0.256 e. The number of ether oxygens (including phenoxy) is 1. The molecule has 0 saturated heterocycles. The van der Waals surface area contributed by atoms with Crippen molar-refractivity contribution in [2.75, 3.05) is 11.3 Å². The van der Waals surface area contributed by atoms with Crippen molar-refractivity contribution >= 4 is 21.9 Å². The first-order valence-corrected chi connectivity index (χ1v) is 8.86. The van der Waals surface area contributed by atoms with Gasteiger partial charge in [-0.3, -0.25) is 4.72 Å². The van der Waals surface area contributed by atoms with Crippen molar-refractivity contribution in [3.63, 3.8) is 0 Å². The molecule has 0 unspecified atom stereocenters.